The van der Waals surface area contributed by atoms with E-state index in [1.165, 1.54) is 0 Å². The summed E-state index contributed by atoms with van der Waals surface area (Å²) in [5.41, 5.74) is 6.88. The molecule has 0 aromatic carbocycles. The first-order chi connectivity index (χ1) is 8.92. The zero-order chi connectivity index (χ0) is 16.1. The Labute approximate surface area is 224 Å². The molecule has 0 amide bonds. The van der Waals surface area contributed by atoms with Crippen molar-refractivity contribution in [2.45, 2.75) is 36.8 Å². The van der Waals surface area contributed by atoms with Crippen molar-refractivity contribution in [3.8, 4) is 0 Å². The molecule has 14 heteroatoms. The molecule has 0 rings (SSSR count). The molecule has 0 bridgehead atoms. The maximum atomic E-state index is 10.8. The van der Waals surface area contributed by atoms with E-state index < -0.39 is 60.6 Å². The van der Waals surface area contributed by atoms with Crippen molar-refractivity contribution in [1.82, 2.24) is 0 Å². The average molecular weight is 408 g/mol. The van der Waals surface area contributed by atoms with E-state index >= 15 is 0 Å². The van der Waals surface area contributed by atoms with Crippen molar-refractivity contribution < 1.29 is 156 Å². The molecule has 0 aromatic rings. The number of hydrogen-bond donors (Lipinski definition) is 6. The number of carboxylic acid groups (broad SMARTS) is 4. The van der Waals surface area contributed by atoms with Gasteiger partial charge in [0.2, 0.25) is 0 Å². The minimum atomic E-state index is -2.22. The molecule has 0 saturated heterocycles. The number of nitrogens with two attached hydrogens (primary N) is 2. The van der Waals surface area contributed by atoms with Crippen molar-refractivity contribution >= 4 is 23.9 Å². The van der Waals surface area contributed by atoms with Gasteiger partial charge in [0.1, 0.15) is 0 Å². The van der Waals surface area contributed by atoms with Crippen LogP contribution >= 0.6 is 0 Å². The minimum Gasteiger partial charge on any atom is -1.00 e. The molecule has 0 atom stereocenters. The summed E-state index contributed by atoms with van der Waals surface area (Å²) in [6, 6.07) is 0. The van der Waals surface area contributed by atoms with Crippen molar-refractivity contribution in [3.05, 3.63) is 0 Å². The van der Waals surface area contributed by atoms with Crippen molar-refractivity contribution in [2.24, 2.45) is 11.5 Å². The van der Waals surface area contributed by atoms with Gasteiger partial charge in [-0.25, -0.2) is 0 Å². The molecule has 12 nitrogen and oxygen atoms in total. The molecule has 24 heavy (non-hydrogen) atoms. The van der Waals surface area contributed by atoms with Gasteiger partial charge in [0, 0.05) is 0 Å². The van der Waals surface area contributed by atoms with Crippen LogP contribution in [0.15, 0.2) is 0 Å². The van der Waals surface area contributed by atoms with E-state index in [2.05, 4.69) is 0 Å². The van der Waals surface area contributed by atoms with E-state index in [-0.39, 0.29) is 117 Å². The Kier molecular flexibility index (Phi) is 22.6. The number of hydrogen-bond acceptors (Lipinski definition) is 6. The molecule has 0 heterocycles. The number of carbonyl (C=O) groups is 4. The number of rotatable bonds is 9. The third-order valence-corrected chi connectivity index (χ3v) is 2.86. The smallest absolute Gasteiger partial charge is 1.00 e. The molecule has 0 spiro atoms. The molecule has 0 aromatic heterocycles. The van der Waals surface area contributed by atoms with Gasteiger partial charge in [-0.2, -0.15) is 0 Å². The van der Waals surface area contributed by atoms with E-state index in [1.807, 2.05) is 0 Å². The van der Waals surface area contributed by atoms with Gasteiger partial charge in [-0.3, -0.25) is 19.2 Å². The van der Waals surface area contributed by atoms with Crippen LogP contribution in [0.4, 0.5) is 0 Å². The van der Waals surface area contributed by atoms with E-state index in [9.17, 15) is 19.2 Å². The summed E-state index contributed by atoms with van der Waals surface area (Å²) >= 11 is 0. The molecule has 0 aliphatic carbocycles. The predicted octanol–water partition coefficient (Wildman–Crippen LogP) is -9.14. The largest absolute Gasteiger partial charge is 1.00 e. The second kappa shape index (κ2) is 15.1. The molecule has 0 aliphatic rings. The van der Waals surface area contributed by atoms with Crippen LogP contribution in [0.1, 0.15) is 28.5 Å². The Morgan fingerprint density at radius 3 is 0.833 bits per heavy atom. The molecule has 0 radical (unpaired) electrons. The fourth-order valence-corrected chi connectivity index (χ4v) is 1.91. The van der Waals surface area contributed by atoms with Crippen LogP contribution in [0.3, 0.4) is 0 Å². The van der Waals surface area contributed by atoms with Crippen LogP contribution in [0.2, 0.25) is 0 Å². The second-order valence-electron chi connectivity index (χ2n) is 4.59. The van der Waals surface area contributed by atoms with Gasteiger partial charge in [-0.15, -0.1) is 0 Å². The molecular formula is C10H22K2N2O10. The van der Waals surface area contributed by atoms with E-state index in [0.29, 0.717) is 0 Å². The summed E-state index contributed by atoms with van der Waals surface area (Å²) < 4.78 is 0. The monoisotopic (exact) mass is 408 g/mol. The maximum Gasteiger partial charge on any atom is 1.00 e. The summed E-state index contributed by atoms with van der Waals surface area (Å²) in [5, 5.41) is 35.1. The first-order valence-electron chi connectivity index (χ1n) is 5.37. The van der Waals surface area contributed by atoms with Gasteiger partial charge in [0.05, 0.1) is 36.8 Å². The Bertz CT molecular complexity index is 384. The predicted molar refractivity (Wildman–Crippen MR) is 72.3 cm³/mol. The fraction of sp³-hybridized carbons (Fsp3) is 0.600. The molecule has 0 fully saturated rings. The Hall–Kier alpha value is 0.993. The number of carboxylic acids is 4. The summed E-state index contributed by atoms with van der Waals surface area (Å²) in [6.45, 7) is 0. The molecule has 0 unspecified atom stereocenters. The molecule has 134 valence electrons. The zero-order valence-electron chi connectivity index (χ0n) is 15.4. The third kappa shape index (κ3) is 12.4. The van der Waals surface area contributed by atoms with Crippen molar-refractivity contribution in [2.75, 3.05) is 0 Å². The van der Waals surface area contributed by atoms with Crippen LogP contribution in [0.25, 0.3) is 0 Å². The van der Waals surface area contributed by atoms with Crippen LogP contribution in [-0.2, 0) is 19.2 Å². The van der Waals surface area contributed by atoms with Crippen LogP contribution in [-0.4, -0.2) is 66.3 Å². The minimum absolute atomic E-state index is 0. The Morgan fingerprint density at radius 1 is 0.625 bits per heavy atom. The van der Waals surface area contributed by atoms with Crippen LogP contribution in [0.5, 0.6) is 0 Å². The van der Waals surface area contributed by atoms with Crippen LogP contribution in [0, 0.1) is 0 Å². The average Bonchev–Trinajstić information content (AvgIpc) is 2.10. The summed E-state index contributed by atoms with van der Waals surface area (Å²) in [4.78, 5) is 43.2. The number of aliphatic carboxylic acids is 4. The first kappa shape index (κ1) is 36.0. The van der Waals surface area contributed by atoms with E-state index in [0.717, 1.165) is 0 Å². The molecule has 0 saturated carbocycles. The summed E-state index contributed by atoms with van der Waals surface area (Å²) in [6.07, 6.45) is -3.90. The summed E-state index contributed by atoms with van der Waals surface area (Å²) in [7, 11) is 0. The Balaban J connectivity index is -0.000000120. The third-order valence-electron chi connectivity index (χ3n) is 2.86. The molecule has 12 N–H and O–H groups in total. The standard InChI is InChI=1S/C10H16N2O8.2K.2H2O.2H/c11-9(1-5(13)14,2-6(15)16)10(12,3-7(17)18)4-8(19)20;;;;;;/h1-4,11-12H2,(H,13,14)(H,15,16)(H,17,18)(H,19,20);;;2*1H2;;/q;2*+1;;;2*-1. The topological polar surface area (TPSA) is 264 Å². The molecular weight excluding hydrogens is 386 g/mol. The SMILES string of the molecule is NC(CC(=O)O)(CC(=O)O)C(N)(CC(=O)O)CC(=O)O.O.O.[H-].[H-].[K+].[K+]. The van der Waals surface area contributed by atoms with Crippen molar-refractivity contribution in [3.63, 3.8) is 0 Å². The fourth-order valence-electron chi connectivity index (χ4n) is 1.91. The van der Waals surface area contributed by atoms with Gasteiger partial charge < -0.3 is 45.7 Å². The van der Waals surface area contributed by atoms with E-state index in [4.69, 9.17) is 31.9 Å². The van der Waals surface area contributed by atoms with Gasteiger partial charge in [-0.1, -0.05) is 0 Å². The Morgan fingerprint density at radius 2 is 0.750 bits per heavy atom. The maximum absolute atomic E-state index is 10.8. The molecule has 0 aliphatic heterocycles. The van der Waals surface area contributed by atoms with Gasteiger partial charge in [-0.05, 0) is 0 Å². The van der Waals surface area contributed by atoms with E-state index in [1.54, 1.807) is 0 Å². The van der Waals surface area contributed by atoms with Gasteiger partial charge in [0.15, 0.2) is 0 Å². The van der Waals surface area contributed by atoms with Gasteiger partial charge >= 0.3 is 127 Å². The van der Waals surface area contributed by atoms with Crippen LogP contribution < -0.4 is 114 Å². The summed E-state index contributed by atoms with van der Waals surface area (Å²) in [5.74, 6) is -6.06. The van der Waals surface area contributed by atoms with Gasteiger partial charge in [0.25, 0.3) is 0 Å². The normalized spacial score (nSPS) is 9.92. The van der Waals surface area contributed by atoms with Crippen molar-refractivity contribution in [1.29, 1.82) is 0 Å². The quantitative estimate of drug-likeness (QED) is 0.196. The second-order valence-corrected chi connectivity index (χ2v) is 4.59. The zero-order valence-corrected chi connectivity index (χ0v) is 19.7. The first-order valence-corrected chi connectivity index (χ1v) is 5.37.